The minimum atomic E-state index is -0.226. The van der Waals surface area contributed by atoms with Crippen molar-refractivity contribution in [2.45, 2.75) is 4.90 Å². The van der Waals surface area contributed by atoms with Crippen molar-refractivity contribution in [2.24, 2.45) is 0 Å². The van der Waals surface area contributed by atoms with Gasteiger partial charge < -0.3 is 10.1 Å². The Balaban J connectivity index is 1.95. The van der Waals surface area contributed by atoms with E-state index < -0.39 is 0 Å². The number of hydrogen-bond acceptors (Lipinski definition) is 5. The highest BCUT2D eigenvalue weighted by Gasteiger charge is 2.14. The summed E-state index contributed by atoms with van der Waals surface area (Å²) < 4.78 is 5.33. The van der Waals surface area contributed by atoms with Crippen LogP contribution in [-0.4, -0.2) is 23.8 Å². The number of thioether (sulfide) groups is 1. The van der Waals surface area contributed by atoms with Crippen molar-refractivity contribution in [3.8, 4) is 11.8 Å². The van der Waals surface area contributed by atoms with Gasteiger partial charge in [0.1, 0.15) is 11.3 Å². The van der Waals surface area contributed by atoms with Gasteiger partial charge in [0.05, 0.1) is 30.2 Å². The summed E-state index contributed by atoms with van der Waals surface area (Å²) in [6.45, 7) is 0. The van der Waals surface area contributed by atoms with Crippen molar-refractivity contribution in [1.82, 2.24) is 4.98 Å². The minimum Gasteiger partial charge on any atom is -0.494 e. The molecule has 0 aliphatic rings. The fourth-order valence-corrected chi connectivity index (χ4v) is 3.21. The van der Waals surface area contributed by atoms with Crippen molar-refractivity contribution < 1.29 is 9.53 Å². The van der Waals surface area contributed by atoms with Gasteiger partial charge in [-0.05, 0) is 36.4 Å². The largest absolute Gasteiger partial charge is 0.494 e. The molecule has 1 aromatic heterocycles. The first-order valence-electron chi connectivity index (χ1n) is 7.56. The molecule has 1 amide bonds. The van der Waals surface area contributed by atoms with E-state index in [1.165, 1.54) is 11.8 Å². The fourth-order valence-electron chi connectivity index (χ4n) is 2.50. The Morgan fingerprint density at radius 1 is 1.24 bits per heavy atom. The van der Waals surface area contributed by atoms with E-state index in [2.05, 4.69) is 16.4 Å². The predicted molar refractivity (Wildman–Crippen MR) is 99.0 cm³/mol. The molecule has 3 aromatic rings. The van der Waals surface area contributed by atoms with Crippen LogP contribution in [0.2, 0.25) is 0 Å². The van der Waals surface area contributed by atoms with Crippen LogP contribution < -0.4 is 10.1 Å². The number of ether oxygens (including phenoxy) is 1. The molecular weight excluding hydrogens is 334 g/mol. The number of methoxy groups -OCH3 is 1. The highest BCUT2D eigenvalue weighted by atomic mass is 32.2. The Hall–Kier alpha value is -3.04. The van der Waals surface area contributed by atoms with E-state index in [4.69, 9.17) is 10.00 Å². The number of fused-ring (bicyclic) bond motifs is 1. The number of carbonyl (C=O) groups excluding carboxylic acids is 1. The van der Waals surface area contributed by atoms with Crippen LogP contribution in [0.3, 0.4) is 0 Å². The van der Waals surface area contributed by atoms with Crippen molar-refractivity contribution in [3.63, 3.8) is 0 Å². The third kappa shape index (κ3) is 3.57. The van der Waals surface area contributed by atoms with Gasteiger partial charge in [-0.1, -0.05) is 12.1 Å². The summed E-state index contributed by atoms with van der Waals surface area (Å²) in [5.41, 5.74) is 1.89. The topological polar surface area (TPSA) is 75.0 Å². The first-order chi connectivity index (χ1) is 12.2. The zero-order valence-electron chi connectivity index (χ0n) is 13.5. The molecule has 5 nitrogen and oxygen atoms in total. The summed E-state index contributed by atoms with van der Waals surface area (Å²) in [5, 5.41) is 12.5. The molecule has 2 aromatic carbocycles. The summed E-state index contributed by atoms with van der Waals surface area (Å²) in [4.78, 5) is 17.8. The maximum atomic E-state index is 12.7. The number of rotatable bonds is 5. The summed E-state index contributed by atoms with van der Waals surface area (Å²) in [7, 11) is 1.59. The summed E-state index contributed by atoms with van der Waals surface area (Å²) in [5.74, 6) is 0.717. The lowest BCUT2D eigenvalue weighted by atomic mass is 10.1. The molecule has 0 aliphatic heterocycles. The molecule has 0 saturated carbocycles. The molecule has 124 valence electrons. The summed E-state index contributed by atoms with van der Waals surface area (Å²) in [6, 6.07) is 16.6. The van der Waals surface area contributed by atoms with Crippen LogP contribution in [0.1, 0.15) is 10.4 Å². The van der Waals surface area contributed by atoms with Gasteiger partial charge >= 0.3 is 0 Å². The number of nitrogens with zero attached hydrogens (tertiary/aromatic N) is 2. The van der Waals surface area contributed by atoms with Gasteiger partial charge in [-0.25, -0.2) is 0 Å². The Kier molecular flexibility index (Phi) is 5.17. The van der Waals surface area contributed by atoms with Crippen molar-refractivity contribution in [2.75, 3.05) is 18.2 Å². The van der Waals surface area contributed by atoms with Gasteiger partial charge in [-0.3, -0.25) is 9.78 Å². The summed E-state index contributed by atoms with van der Waals surface area (Å²) >= 11 is 1.34. The maximum absolute atomic E-state index is 12.7. The van der Waals surface area contributed by atoms with Gasteiger partial charge in [0.2, 0.25) is 0 Å². The van der Waals surface area contributed by atoms with Crippen molar-refractivity contribution in [3.05, 3.63) is 60.3 Å². The standard InChI is InChI=1S/C19H15N3O2S/c1-24-16-9-8-15(13-6-4-11-21-18(13)16)22-19(23)14-5-2-3-7-17(14)25-12-10-20/h2-9,11H,12H2,1H3,(H,22,23). The van der Waals surface area contributed by atoms with Crippen LogP contribution in [0.4, 0.5) is 5.69 Å². The molecule has 0 saturated heterocycles. The Labute approximate surface area is 149 Å². The number of pyridine rings is 1. The lowest BCUT2D eigenvalue weighted by Crippen LogP contribution is -2.13. The Morgan fingerprint density at radius 2 is 2.08 bits per heavy atom. The number of carbonyl (C=O) groups is 1. The van der Waals surface area contributed by atoms with Crippen LogP contribution >= 0.6 is 11.8 Å². The third-order valence-electron chi connectivity index (χ3n) is 3.62. The first-order valence-corrected chi connectivity index (χ1v) is 8.55. The number of amides is 1. The number of nitrogens with one attached hydrogen (secondary N) is 1. The van der Waals surface area contributed by atoms with Gasteiger partial charge in [0, 0.05) is 16.5 Å². The predicted octanol–water partition coefficient (Wildman–Crippen LogP) is 4.11. The molecule has 3 rings (SSSR count). The lowest BCUT2D eigenvalue weighted by molar-refractivity contribution is 0.102. The number of nitriles is 1. The van der Waals surface area contributed by atoms with Gasteiger partial charge in [0.15, 0.2) is 0 Å². The van der Waals surface area contributed by atoms with Crippen LogP contribution in [0.5, 0.6) is 5.75 Å². The normalized spacial score (nSPS) is 10.2. The van der Waals surface area contributed by atoms with Gasteiger partial charge in [-0.15, -0.1) is 11.8 Å². The zero-order chi connectivity index (χ0) is 17.6. The van der Waals surface area contributed by atoms with Crippen molar-refractivity contribution >= 4 is 34.3 Å². The molecule has 0 fully saturated rings. The van der Waals surface area contributed by atoms with Crippen molar-refractivity contribution in [1.29, 1.82) is 5.26 Å². The molecule has 0 aliphatic carbocycles. The third-order valence-corrected chi connectivity index (χ3v) is 4.57. The first kappa shape index (κ1) is 16.8. The van der Waals surface area contributed by atoms with Gasteiger partial charge in [-0.2, -0.15) is 5.26 Å². The second kappa shape index (κ2) is 7.69. The number of anilines is 1. The fraction of sp³-hybridized carbons (Fsp3) is 0.105. The molecule has 1 N–H and O–H groups in total. The molecule has 25 heavy (non-hydrogen) atoms. The van der Waals surface area contributed by atoms with E-state index in [1.807, 2.05) is 24.3 Å². The average molecular weight is 349 g/mol. The second-order valence-corrected chi connectivity index (χ2v) is 6.13. The smallest absolute Gasteiger partial charge is 0.256 e. The van der Waals surface area contributed by atoms with Crippen LogP contribution in [-0.2, 0) is 0 Å². The molecule has 0 unspecified atom stereocenters. The van der Waals surface area contributed by atoms with E-state index in [-0.39, 0.29) is 5.91 Å². The van der Waals surface area contributed by atoms with Gasteiger partial charge in [0.25, 0.3) is 5.91 Å². The number of hydrogen-bond donors (Lipinski definition) is 1. The van der Waals surface area contributed by atoms with E-state index in [0.29, 0.717) is 28.3 Å². The van der Waals surface area contributed by atoms with E-state index >= 15 is 0 Å². The number of aromatic nitrogens is 1. The zero-order valence-corrected chi connectivity index (χ0v) is 14.3. The monoisotopic (exact) mass is 349 g/mol. The summed E-state index contributed by atoms with van der Waals surface area (Å²) in [6.07, 6.45) is 1.68. The quantitative estimate of drug-likeness (QED) is 0.702. The van der Waals surface area contributed by atoms with E-state index in [9.17, 15) is 4.79 Å². The maximum Gasteiger partial charge on any atom is 0.256 e. The highest BCUT2D eigenvalue weighted by Crippen LogP contribution is 2.30. The molecular formula is C19H15N3O2S. The highest BCUT2D eigenvalue weighted by molar-refractivity contribution is 7.99. The molecule has 0 bridgehead atoms. The van der Waals surface area contributed by atoms with E-state index in [1.54, 1.807) is 37.6 Å². The molecule has 1 heterocycles. The molecule has 6 heteroatoms. The lowest BCUT2D eigenvalue weighted by Gasteiger charge is -2.12. The Morgan fingerprint density at radius 3 is 2.88 bits per heavy atom. The molecule has 0 atom stereocenters. The second-order valence-electron chi connectivity index (χ2n) is 5.11. The SMILES string of the molecule is COc1ccc(NC(=O)c2ccccc2SCC#N)c2cccnc12. The van der Waals surface area contributed by atoms with E-state index in [0.717, 1.165) is 10.3 Å². The Bertz CT molecular complexity index is 966. The average Bonchev–Trinajstić information content (AvgIpc) is 2.66. The molecule has 0 radical (unpaired) electrons. The van der Waals surface area contributed by atoms with Crippen LogP contribution in [0.25, 0.3) is 10.9 Å². The van der Waals surface area contributed by atoms with Crippen LogP contribution in [0, 0.1) is 11.3 Å². The minimum absolute atomic E-state index is 0.226. The van der Waals surface area contributed by atoms with Crippen LogP contribution in [0.15, 0.2) is 59.6 Å². The number of benzene rings is 2. The molecule has 0 spiro atoms.